The summed E-state index contributed by atoms with van der Waals surface area (Å²) in [5.41, 5.74) is 3.27. The van der Waals surface area contributed by atoms with Crippen molar-refractivity contribution in [3.8, 4) is 11.3 Å². The standard InChI is InChI=1S/C19H16BrClN4O2/c1-11-7-13(20)5-6-15(11)23-18(26)10-22-19(27)17-9-16(24-25-17)12-3-2-4-14(21)8-12/h2-9H,10H2,1H3,(H,22,27)(H,23,26)(H,24,25). The number of anilines is 1. The molecule has 2 amide bonds. The number of aryl methyl sites for hydroxylation is 1. The lowest BCUT2D eigenvalue weighted by atomic mass is 10.1. The van der Waals surface area contributed by atoms with Crippen molar-refractivity contribution in [2.24, 2.45) is 0 Å². The van der Waals surface area contributed by atoms with E-state index in [1.807, 2.05) is 25.1 Å². The van der Waals surface area contributed by atoms with Gasteiger partial charge >= 0.3 is 0 Å². The van der Waals surface area contributed by atoms with Gasteiger partial charge in [-0.15, -0.1) is 0 Å². The molecule has 0 aliphatic rings. The molecule has 2 aromatic carbocycles. The van der Waals surface area contributed by atoms with Gasteiger partial charge in [0.2, 0.25) is 5.91 Å². The molecular weight excluding hydrogens is 432 g/mol. The van der Waals surface area contributed by atoms with E-state index in [1.165, 1.54) is 0 Å². The summed E-state index contributed by atoms with van der Waals surface area (Å²) in [6.45, 7) is 1.74. The molecule has 0 unspecified atom stereocenters. The van der Waals surface area contributed by atoms with Crippen molar-refractivity contribution >= 4 is 45.0 Å². The topological polar surface area (TPSA) is 86.9 Å². The van der Waals surface area contributed by atoms with Crippen LogP contribution in [0.25, 0.3) is 11.3 Å². The van der Waals surface area contributed by atoms with Gasteiger partial charge in [-0.25, -0.2) is 0 Å². The zero-order chi connectivity index (χ0) is 19.4. The number of hydrogen-bond donors (Lipinski definition) is 3. The van der Waals surface area contributed by atoms with Crippen LogP contribution in [-0.2, 0) is 4.79 Å². The Morgan fingerprint density at radius 2 is 2.00 bits per heavy atom. The van der Waals surface area contributed by atoms with Crippen LogP contribution in [0.15, 0.2) is 53.0 Å². The first-order valence-corrected chi connectivity index (χ1v) is 9.25. The van der Waals surface area contributed by atoms with E-state index in [0.29, 0.717) is 16.4 Å². The summed E-state index contributed by atoms with van der Waals surface area (Å²) >= 11 is 9.35. The fourth-order valence-corrected chi connectivity index (χ4v) is 3.12. The molecule has 0 fully saturated rings. The number of carbonyl (C=O) groups is 2. The van der Waals surface area contributed by atoms with E-state index in [2.05, 4.69) is 36.8 Å². The molecule has 0 aliphatic carbocycles. The minimum Gasteiger partial charge on any atom is -0.342 e. The third-order valence-corrected chi connectivity index (χ3v) is 4.54. The molecular formula is C19H16BrClN4O2. The first-order valence-electron chi connectivity index (χ1n) is 8.08. The average Bonchev–Trinajstić information content (AvgIpc) is 3.12. The molecule has 3 N–H and O–H groups in total. The number of benzene rings is 2. The lowest BCUT2D eigenvalue weighted by molar-refractivity contribution is -0.115. The SMILES string of the molecule is Cc1cc(Br)ccc1NC(=O)CNC(=O)c1cc(-c2cccc(Cl)c2)n[nH]1. The molecule has 3 rings (SSSR count). The zero-order valence-corrected chi connectivity index (χ0v) is 16.7. The Labute approximate surface area is 169 Å². The fraction of sp³-hybridized carbons (Fsp3) is 0.105. The third kappa shape index (κ3) is 4.96. The van der Waals surface area contributed by atoms with Gasteiger partial charge in [0.25, 0.3) is 5.91 Å². The van der Waals surface area contributed by atoms with Gasteiger partial charge in [0.1, 0.15) is 5.69 Å². The van der Waals surface area contributed by atoms with Gasteiger partial charge in [0, 0.05) is 20.7 Å². The van der Waals surface area contributed by atoms with Gasteiger partial charge in [-0.05, 0) is 48.9 Å². The lowest BCUT2D eigenvalue weighted by Gasteiger charge is -2.09. The number of aromatic nitrogens is 2. The van der Waals surface area contributed by atoms with Crippen molar-refractivity contribution in [2.75, 3.05) is 11.9 Å². The minimum atomic E-state index is -0.418. The summed E-state index contributed by atoms with van der Waals surface area (Å²) < 4.78 is 0.932. The Balaban J connectivity index is 1.58. The van der Waals surface area contributed by atoms with Crippen LogP contribution in [0.4, 0.5) is 5.69 Å². The van der Waals surface area contributed by atoms with Crippen LogP contribution in [0.3, 0.4) is 0 Å². The number of nitrogens with zero attached hydrogens (tertiary/aromatic N) is 1. The van der Waals surface area contributed by atoms with Crippen molar-refractivity contribution in [3.05, 3.63) is 69.3 Å². The molecule has 0 atom stereocenters. The van der Waals surface area contributed by atoms with E-state index >= 15 is 0 Å². The highest BCUT2D eigenvalue weighted by Crippen LogP contribution is 2.21. The van der Waals surface area contributed by atoms with Gasteiger partial charge in [-0.1, -0.05) is 39.7 Å². The molecule has 3 aromatic rings. The fourth-order valence-electron chi connectivity index (χ4n) is 2.45. The Kier molecular flexibility index (Phi) is 5.93. The first-order chi connectivity index (χ1) is 12.9. The monoisotopic (exact) mass is 446 g/mol. The second-order valence-electron chi connectivity index (χ2n) is 5.87. The maximum absolute atomic E-state index is 12.2. The molecule has 0 spiro atoms. The molecule has 1 heterocycles. The molecule has 0 bridgehead atoms. The number of hydrogen-bond acceptors (Lipinski definition) is 3. The van der Waals surface area contributed by atoms with Crippen molar-refractivity contribution in [2.45, 2.75) is 6.92 Å². The van der Waals surface area contributed by atoms with Crippen LogP contribution < -0.4 is 10.6 Å². The smallest absolute Gasteiger partial charge is 0.269 e. The van der Waals surface area contributed by atoms with Crippen LogP contribution >= 0.6 is 27.5 Å². The third-order valence-electron chi connectivity index (χ3n) is 3.81. The Bertz CT molecular complexity index is 1000. The average molecular weight is 448 g/mol. The zero-order valence-electron chi connectivity index (χ0n) is 14.3. The first kappa shape index (κ1) is 19.1. The minimum absolute atomic E-state index is 0.153. The summed E-state index contributed by atoms with van der Waals surface area (Å²) in [7, 11) is 0. The normalized spacial score (nSPS) is 10.5. The number of rotatable bonds is 5. The second-order valence-corrected chi connectivity index (χ2v) is 7.22. The van der Waals surface area contributed by atoms with E-state index in [9.17, 15) is 9.59 Å². The Morgan fingerprint density at radius 3 is 2.74 bits per heavy atom. The second kappa shape index (κ2) is 8.37. The molecule has 1 aromatic heterocycles. The Hall–Kier alpha value is -2.64. The molecule has 8 heteroatoms. The molecule has 138 valence electrons. The quantitative estimate of drug-likeness (QED) is 0.548. The van der Waals surface area contributed by atoms with E-state index in [1.54, 1.807) is 30.3 Å². The van der Waals surface area contributed by atoms with Crippen LogP contribution in [0, 0.1) is 6.92 Å². The summed E-state index contributed by atoms with van der Waals surface area (Å²) in [4.78, 5) is 24.3. The number of nitrogens with one attached hydrogen (secondary N) is 3. The van der Waals surface area contributed by atoms with Crippen molar-refractivity contribution in [3.63, 3.8) is 0 Å². The van der Waals surface area contributed by atoms with Crippen molar-refractivity contribution in [1.29, 1.82) is 0 Å². The molecule has 0 aliphatic heterocycles. The van der Waals surface area contributed by atoms with Crippen LogP contribution in [0.1, 0.15) is 16.1 Å². The maximum atomic E-state index is 12.2. The van der Waals surface area contributed by atoms with Crippen LogP contribution in [-0.4, -0.2) is 28.6 Å². The highest BCUT2D eigenvalue weighted by molar-refractivity contribution is 9.10. The predicted molar refractivity (Wildman–Crippen MR) is 109 cm³/mol. The van der Waals surface area contributed by atoms with E-state index in [0.717, 1.165) is 15.6 Å². The number of halogens is 2. The van der Waals surface area contributed by atoms with Gasteiger partial charge < -0.3 is 10.6 Å². The van der Waals surface area contributed by atoms with Crippen molar-refractivity contribution < 1.29 is 9.59 Å². The van der Waals surface area contributed by atoms with Gasteiger partial charge in [0.05, 0.1) is 12.2 Å². The number of carbonyl (C=O) groups excluding carboxylic acids is 2. The molecule has 6 nitrogen and oxygen atoms in total. The van der Waals surface area contributed by atoms with E-state index < -0.39 is 5.91 Å². The highest BCUT2D eigenvalue weighted by Gasteiger charge is 2.13. The van der Waals surface area contributed by atoms with Gasteiger partial charge in [0.15, 0.2) is 0 Å². The lowest BCUT2D eigenvalue weighted by Crippen LogP contribution is -2.33. The summed E-state index contributed by atoms with van der Waals surface area (Å²) in [5.74, 6) is -0.734. The molecule has 27 heavy (non-hydrogen) atoms. The van der Waals surface area contributed by atoms with E-state index in [-0.39, 0.29) is 18.1 Å². The molecule has 0 radical (unpaired) electrons. The number of H-pyrrole nitrogens is 1. The van der Waals surface area contributed by atoms with Gasteiger partial charge in [-0.2, -0.15) is 5.10 Å². The maximum Gasteiger partial charge on any atom is 0.269 e. The molecule has 0 saturated carbocycles. The summed E-state index contributed by atoms with van der Waals surface area (Å²) in [5, 5.41) is 12.7. The summed E-state index contributed by atoms with van der Waals surface area (Å²) in [6.07, 6.45) is 0. The predicted octanol–water partition coefficient (Wildman–Crippen LogP) is 4.17. The largest absolute Gasteiger partial charge is 0.342 e. The van der Waals surface area contributed by atoms with E-state index in [4.69, 9.17) is 11.6 Å². The van der Waals surface area contributed by atoms with Crippen LogP contribution in [0.2, 0.25) is 5.02 Å². The number of amides is 2. The highest BCUT2D eigenvalue weighted by atomic mass is 79.9. The number of aromatic amines is 1. The Morgan fingerprint density at radius 1 is 1.19 bits per heavy atom. The molecule has 0 saturated heterocycles. The van der Waals surface area contributed by atoms with Crippen molar-refractivity contribution in [1.82, 2.24) is 15.5 Å². The summed E-state index contributed by atoms with van der Waals surface area (Å²) in [6, 6.07) is 14.3. The van der Waals surface area contributed by atoms with Gasteiger partial charge in [-0.3, -0.25) is 14.7 Å². The van der Waals surface area contributed by atoms with Crippen LogP contribution in [0.5, 0.6) is 0 Å².